The minimum Gasteiger partial charge on any atom is -0.512 e. The number of benzene rings is 2. The van der Waals surface area contributed by atoms with Crippen LogP contribution >= 0.6 is 0 Å². The molecule has 3 rings (SSSR count). The number of hydrogen-bond donors (Lipinski definition) is 2. The second kappa shape index (κ2) is 17.1. The van der Waals surface area contributed by atoms with E-state index in [-0.39, 0.29) is 36.0 Å². The average Bonchev–Trinajstić information content (AvgIpc) is 3.53. The molecule has 1 saturated heterocycles. The molecule has 1 heterocycles. The maximum absolute atomic E-state index is 9.30. The molecule has 0 aromatic heterocycles. The third-order valence-electron chi connectivity index (χ3n) is 2.97. The largest absolute Gasteiger partial charge is 1.00 e. The Morgan fingerprint density at radius 2 is 1.52 bits per heavy atom. The summed E-state index contributed by atoms with van der Waals surface area (Å²) in [7, 11) is 1.00. The zero-order valence-electron chi connectivity index (χ0n) is 14.5. The summed E-state index contributed by atoms with van der Waals surface area (Å²) in [5.74, 6) is 0. The average molecular weight is 348 g/mol. The molecule has 0 aliphatic carbocycles. The Balaban J connectivity index is 0. The molecule has 2 aromatic carbocycles. The molecule has 1 fully saturated rings. The first-order valence-electron chi connectivity index (χ1n) is 7.25. The molecule has 126 valence electrons. The Kier molecular flexibility index (Phi) is 17.5. The van der Waals surface area contributed by atoms with Crippen molar-refractivity contribution in [2.45, 2.75) is 18.6 Å². The fourth-order valence-electron chi connectivity index (χ4n) is 1.79. The van der Waals surface area contributed by atoms with Gasteiger partial charge in [-0.15, -0.1) is 0 Å². The third-order valence-corrected chi connectivity index (χ3v) is 2.97. The molecule has 0 amide bonds. The first-order valence-corrected chi connectivity index (χ1v) is 7.25. The molecule has 25 heavy (non-hydrogen) atoms. The molecule has 0 saturated carbocycles. The van der Waals surface area contributed by atoms with Crippen molar-refractivity contribution in [3.8, 4) is 6.07 Å². The number of aliphatic hydroxyl groups excluding tert-OH is 2. The van der Waals surface area contributed by atoms with Crippen molar-refractivity contribution in [1.82, 2.24) is 0 Å². The Morgan fingerprint density at radius 3 is 1.92 bits per heavy atom. The van der Waals surface area contributed by atoms with Gasteiger partial charge < -0.3 is 26.8 Å². The molecule has 6 heteroatoms. The normalized spacial score (nSPS) is 14.2. The molecule has 2 aromatic rings. The SMILES string of the molecule is CO.N#CCC(O)c1ccccc1.[C-]#N.[Na+].c1ccc(C2CO2)cc1. The van der Waals surface area contributed by atoms with Crippen LogP contribution in [0.3, 0.4) is 0 Å². The second-order valence-electron chi connectivity index (χ2n) is 4.52. The maximum Gasteiger partial charge on any atom is 1.00 e. The Labute approximate surface area is 171 Å². The first kappa shape index (κ1) is 25.5. The molecule has 0 bridgehead atoms. The molecule has 1 aliphatic heterocycles. The van der Waals surface area contributed by atoms with E-state index in [9.17, 15) is 5.11 Å². The zero-order valence-corrected chi connectivity index (χ0v) is 16.5. The van der Waals surface area contributed by atoms with Crippen LogP contribution in [-0.2, 0) is 4.74 Å². The molecular weight excluding hydrogens is 327 g/mol. The summed E-state index contributed by atoms with van der Waals surface area (Å²) in [5, 5.41) is 30.8. The van der Waals surface area contributed by atoms with Crippen molar-refractivity contribution < 1.29 is 44.5 Å². The zero-order chi connectivity index (χ0) is 18.2. The molecule has 0 radical (unpaired) electrons. The standard InChI is InChI=1S/C9H9NO.C8H8O.CN.CH4O.Na/c10-7-6-9(11)8-4-2-1-3-5-8;1-2-4-7(5-3-1)8-6-9-8;2*1-2;/h1-5,9,11H,6H2;1-5,8H,6H2;;2H,1H3;/q;;-1;;+1. The van der Waals surface area contributed by atoms with Gasteiger partial charge in [0.05, 0.1) is 25.2 Å². The van der Waals surface area contributed by atoms with Gasteiger partial charge in [0.1, 0.15) is 6.10 Å². The van der Waals surface area contributed by atoms with Gasteiger partial charge in [-0.05, 0) is 11.1 Å². The predicted molar refractivity (Wildman–Crippen MR) is 89.9 cm³/mol. The minimum atomic E-state index is -0.638. The summed E-state index contributed by atoms with van der Waals surface area (Å²) >= 11 is 0. The van der Waals surface area contributed by atoms with Crippen LogP contribution in [0.4, 0.5) is 0 Å². The number of ether oxygens (including phenoxy) is 1. The van der Waals surface area contributed by atoms with Crippen molar-refractivity contribution >= 4 is 0 Å². The summed E-state index contributed by atoms with van der Waals surface area (Å²) < 4.78 is 5.09. The Bertz CT molecular complexity index is 596. The van der Waals surface area contributed by atoms with E-state index in [0.717, 1.165) is 19.3 Å². The Morgan fingerprint density at radius 1 is 1.08 bits per heavy atom. The van der Waals surface area contributed by atoms with Gasteiger partial charge in [-0.2, -0.15) is 5.26 Å². The van der Waals surface area contributed by atoms with E-state index >= 15 is 0 Å². The van der Waals surface area contributed by atoms with Crippen LogP contribution in [0, 0.1) is 23.2 Å². The van der Waals surface area contributed by atoms with Crippen LogP contribution in [0.15, 0.2) is 60.7 Å². The van der Waals surface area contributed by atoms with Gasteiger partial charge in [-0.25, -0.2) is 0 Å². The van der Waals surface area contributed by atoms with E-state index in [4.69, 9.17) is 26.9 Å². The van der Waals surface area contributed by atoms with Crippen LogP contribution in [0.2, 0.25) is 0 Å². The quantitative estimate of drug-likeness (QED) is 0.465. The number of nitriles is 1. The van der Waals surface area contributed by atoms with Crippen LogP contribution in [0.25, 0.3) is 0 Å². The number of epoxide rings is 1. The van der Waals surface area contributed by atoms with Crippen LogP contribution in [0.1, 0.15) is 29.8 Å². The van der Waals surface area contributed by atoms with E-state index in [2.05, 4.69) is 12.1 Å². The number of aliphatic hydroxyl groups is 2. The molecular formula is C19H21N2NaO3. The van der Waals surface area contributed by atoms with E-state index in [1.807, 2.05) is 54.6 Å². The van der Waals surface area contributed by atoms with Crippen molar-refractivity contribution in [2.75, 3.05) is 13.7 Å². The fraction of sp³-hybridized carbons (Fsp3) is 0.263. The van der Waals surface area contributed by atoms with Crippen molar-refractivity contribution in [1.29, 1.82) is 10.5 Å². The number of nitrogens with zero attached hydrogens (tertiary/aromatic N) is 2. The Hall–Kier alpha value is -1.70. The minimum absolute atomic E-state index is 0. The summed E-state index contributed by atoms with van der Waals surface area (Å²) in [6, 6.07) is 21.4. The van der Waals surface area contributed by atoms with E-state index < -0.39 is 6.10 Å². The van der Waals surface area contributed by atoms with Gasteiger partial charge in [0, 0.05) is 7.11 Å². The summed E-state index contributed by atoms with van der Waals surface area (Å²) in [5.41, 5.74) is 2.10. The van der Waals surface area contributed by atoms with Crippen molar-refractivity contribution in [2.24, 2.45) is 0 Å². The topological polar surface area (TPSA) is 101 Å². The first-order chi connectivity index (χ1) is 11.8. The van der Waals surface area contributed by atoms with Gasteiger partial charge in [-0.1, -0.05) is 60.7 Å². The van der Waals surface area contributed by atoms with E-state index in [1.165, 1.54) is 5.56 Å². The van der Waals surface area contributed by atoms with Gasteiger partial charge >= 0.3 is 29.6 Å². The smallest absolute Gasteiger partial charge is 0.512 e. The van der Waals surface area contributed by atoms with Gasteiger partial charge in [0.2, 0.25) is 0 Å². The van der Waals surface area contributed by atoms with Gasteiger partial charge in [0.25, 0.3) is 0 Å². The second-order valence-corrected chi connectivity index (χ2v) is 4.52. The molecule has 2 unspecified atom stereocenters. The molecule has 2 atom stereocenters. The van der Waals surface area contributed by atoms with Crippen molar-refractivity contribution in [3.63, 3.8) is 0 Å². The van der Waals surface area contributed by atoms with Crippen molar-refractivity contribution in [3.05, 3.63) is 78.4 Å². The van der Waals surface area contributed by atoms with E-state index in [0.29, 0.717) is 6.10 Å². The number of rotatable bonds is 3. The van der Waals surface area contributed by atoms with Crippen LogP contribution in [0.5, 0.6) is 0 Å². The fourth-order valence-corrected chi connectivity index (χ4v) is 1.79. The predicted octanol–water partition coefficient (Wildman–Crippen LogP) is 0.100. The third kappa shape index (κ3) is 11.5. The van der Waals surface area contributed by atoms with E-state index in [1.54, 1.807) is 0 Å². The summed E-state index contributed by atoms with van der Waals surface area (Å²) in [6.45, 7) is 5.66. The summed E-state index contributed by atoms with van der Waals surface area (Å²) in [6.07, 6.45) is -0.0725. The molecule has 1 aliphatic rings. The van der Waals surface area contributed by atoms with Crippen LogP contribution in [-0.4, -0.2) is 23.9 Å². The molecule has 0 spiro atoms. The van der Waals surface area contributed by atoms with Crippen LogP contribution < -0.4 is 29.6 Å². The summed E-state index contributed by atoms with van der Waals surface area (Å²) in [4.78, 5) is 0. The monoisotopic (exact) mass is 348 g/mol. The van der Waals surface area contributed by atoms with Gasteiger partial charge in [-0.3, -0.25) is 0 Å². The maximum atomic E-state index is 9.30. The molecule has 5 nitrogen and oxygen atoms in total. The van der Waals surface area contributed by atoms with Gasteiger partial charge in [0.15, 0.2) is 0 Å². The molecule has 2 N–H and O–H groups in total. The number of hydrogen-bond acceptors (Lipinski definition) is 5.